The zero-order chi connectivity index (χ0) is 11.0. The number of H-pyrrole nitrogens is 1. The molecule has 82 valence electrons. The van der Waals surface area contributed by atoms with Crippen LogP contribution in [0.1, 0.15) is 12.6 Å². The highest BCUT2D eigenvalue weighted by Gasteiger charge is 2.26. The van der Waals surface area contributed by atoms with Gasteiger partial charge in [-0.25, -0.2) is 4.79 Å². The van der Waals surface area contributed by atoms with E-state index in [4.69, 9.17) is 9.84 Å². The SMILES string of the molecule is O=c1[nH]c(=O)n([C@@H]2C[C@@H](O)CO2)cc1F. The molecule has 0 saturated carbocycles. The number of aliphatic hydroxyl groups excluding tert-OH is 1. The highest BCUT2D eigenvalue weighted by molar-refractivity contribution is 4.89. The topological polar surface area (TPSA) is 84.3 Å². The predicted octanol–water partition coefficient (Wildman–Crippen LogP) is -1.04. The summed E-state index contributed by atoms with van der Waals surface area (Å²) in [6.45, 7) is 0.0951. The number of hydrogen-bond donors (Lipinski definition) is 2. The van der Waals surface area contributed by atoms with Crippen molar-refractivity contribution in [1.29, 1.82) is 0 Å². The van der Waals surface area contributed by atoms with Crippen molar-refractivity contribution in [3.63, 3.8) is 0 Å². The van der Waals surface area contributed by atoms with Crippen LogP contribution in [0.5, 0.6) is 0 Å². The van der Waals surface area contributed by atoms with E-state index in [2.05, 4.69) is 0 Å². The van der Waals surface area contributed by atoms with Gasteiger partial charge in [0.05, 0.1) is 18.9 Å². The van der Waals surface area contributed by atoms with E-state index in [1.165, 1.54) is 0 Å². The van der Waals surface area contributed by atoms with Crippen LogP contribution in [0.25, 0.3) is 0 Å². The van der Waals surface area contributed by atoms with E-state index < -0.39 is 29.4 Å². The second-order valence-electron chi connectivity index (χ2n) is 3.32. The highest BCUT2D eigenvalue weighted by Crippen LogP contribution is 2.21. The van der Waals surface area contributed by atoms with Gasteiger partial charge in [-0.3, -0.25) is 14.3 Å². The average Bonchev–Trinajstić information content (AvgIpc) is 2.58. The van der Waals surface area contributed by atoms with Crippen molar-refractivity contribution in [2.75, 3.05) is 6.61 Å². The molecule has 0 unspecified atom stereocenters. The van der Waals surface area contributed by atoms with Crippen LogP contribution in [0.4, 0.5) is 4.39 Å². The smallest absolute Gasteiger partial charge is 0.330 e. The van der Waals surface area contributed by atoms with E-state index in [1.807, 2.05) is 4.98 Å². The summed E-state index contributed by atoms with van der Waals surface area (Å²) in [5.41, 5.74) is -1.81. The Labute approximate surface area is 82.9 Å². The first kappa shape index (κ1) is 10.1. The van der Waals surface area contributed by atoms with Crippen LogP contribution in [0.15, 0.2) is 15.8 Å². The van der Waals surface area contributed by atoms with Gasteiger partial charge in [0.1, 0.15) is 6.23 Å². The van der Waals surface area contributed by atoms with E-state index in [0.29, 0.717) is 0 Å². The number of halogens is 1. The molecule has 0 spiro atoms. The highest BCUT2D eigenvalue weighted by atomic mass is 19.1. The van der Waals surface area contributed by atoms with Crippen molar-refractivity contribution in [3.8, 4) is 0 Å². The summed E-state index contributed by atoms with van der Waals surface area (Å²) >= 11 is 0. The Bertz CT molecular complexity index is 480. The first-order chi connectivity index (χ1) is 7.08. The second-order valence-corrected chi connectivity index (χ2v) is 3.32. The number of aromatic amines is 1. The van der Waals surface area contributed by atoms with E-state index in [0.717, 1.165) is 10.8 Å². The number of rotatable bonds is 1. The number of nitrogens with one attached hydrogen (secondary N) is 1. The van der Waals surface area contributed by atoms with Crippen LogP contribution >= 0.6 is 0 Å². The van der Waals surface area contributed by atoms with Gasteiger partial charge < -0.3 is 9.84 Å². The van der Waals surface area contributed by atoms with Gasteiger partial charge in [-0.15, -0.1) is 0 Å². The molecular weight excluding hydrogens is 207 g/mol. The van der Waals surface area contributed by atoms with E-state index >= 15 is 0 Å². The zero-order valence-electron chi connectivity index (χ0n) is 7.64. The summed E-state index contributed by atoms with van der Waals surface area (Å²) in [6, 6.07) is 0. The lowest BCUT2D eigenvalue weighted by molar-refractivity contribution is 0.0439. The van der Waals surface area contributed by atoms with Gasteiger partial charge in [0.25, 0.3) is 5.56 Å². The molecule has 7 heteroatoms. The quantitative estimate of drug-likeness (QED) is 0.627. The van der Waals surface area contributed by atoms with Crippen LogP contribution < -0.4 is 11.2 Å². The fourth-order valence-electron chi connectivity index (χ4n) is 1.46. The molecule has 0 amide bonds. The normalized spacial score (nSPS) is 25.7. The molecule has 0 aliphatic carbocycles. The molecule has 1 saturated heterocycles. The Balaban J connectivity index is 2.41. The molecule has 2 N–H and O–H groups in total. The fourth-order valence-corrected chi connectivity index (χ4v) is 1.46. The molecule has 2 heterocycles. The van der Waals surface area contributed by atoms with Crippen LogP contribution in [0.3, 0.4) is 0 Å². The fraction of sp³-hybridized carbons (Fsp3) is 0.500. The van der Waals surface area contributed by atoms with Crippen molar-refractivity contribution in [2.45, 2.75) is 18.8 Å². The largest absolute Gasteiger partial charge is 0.391 e. The maximum Gasteiger partial charge on any atom is 0.330 e. The minimum atomic E-state index is -1.06. The van der Waals surface area contributed by atoms with Gasteiger partial charge in [0.2, 0.25) is 5.82 Å². The monoisotopic (exact) mass is 216 g/mol. The Hall–Kier alpha value is -1.47. The van der Waals surface area contributed by atoms with Crippen molar-refractivity contribution in [1.82, 2.24) is 9.55 Å². The standard InChI is InChI=1S/C8H9FN2O4/c9-5-2-11(8(14)10-7(5)13)6-1-4(12)3-15-6/h2,4,6,12H,1,3H2,(H,10,13,14)/t4-,6+/m1/s1. The van der Waals surface area contributed by atoms with E-state index in [1.54, 1.807) is 0 Å². The first-order valence-corrected chi connectivity index (χ1v) is 4.38. The van der Waals surface area contributed by atoms with Crippen molar-refractivity contribution < 1.29 is 14.2 Å². The van der Waals surface area contributed by atoms with Crippen LogP contribution in [0.2, 0.25) is 0 Å². The molecule has 1 aromatic heterocycles. The molecule has 0 bridgehead atoms. The number of nitrogens with zero attached hydrogens (tertiary/aromatic N) is 1. The molecular formula is C8H9FN2O4. The zero-order valence-corrected chi connectivity index (χ0v) is 7.64. The Morgan fingerprint density at radius 2 is 2.33 bits per heavy atom. The average molecular weight is 216 g/mol. The van der Waals surface area contributed by atoms with Gasteiger partial charge >= 0.3 is 5.69 Å². The van der Waals surface area contributed by atoms with Crippen molar-refractivity contribution in [2.24, 2.45) is 0 Å². The maximum absolute atomic E-state index is 12.9. The first-order valence-electron chi connectivity index (χ1n) is 4.38. The van der Waals surface area contributed by atoms with Crippen molar-refractivity contribution >= 4 is 0 Å². The van der Waals surface area contributed by atoms with Gasteiger partial charge in [-0.1, -0.05) is 0 Å². The minimum Gasteiger partial charge on any atom is -0.391 e. The molecule has 1 aromatic rings. The van der Waals surface area contributed by atoms with Crippen molar-refractivity contribution in [3.05, 3.63) is 32.9 Å². The molecule has 1 aliphatic heterocycles. The summed E-state index contributed by atoms with van der Waals surface area (Å²) in [5.74, 6) is -1.06. The number of aromatic nitrogens is 2. The number of ether oxygens (including phenoxy) is 1. The van der Waals surface area contributed by atoms with Gasteiger partial charge in [0, 0.05) is 6.42 Å². The molecule has 1 fully saturated rings. The summed E-state index contributed by atoms with van der Waals surface area (Å²) < 4.78 is 18.9. The summed E-state index contributed by atoms with van der Waals surface area (Å²) in [7, 11) is 0. The number of aliphatic hydroxyl groups is 1. The van der Waals surface area contributed by atoms with E-state index in [-0.39, 0.29) is 13.0 Å². The lowest BCUT2D eigenvalue weighted by Crippen LogP contribution is -2.33. The predicted molar refractivity (Wildman–Crippen MR) is 46.9 cm³/mol. The maximum atomic E-state index is 12.9. The summed E-state index contributed by atoms with van der Waals surface area (Å²) in [5, 5.41) is 9.17. The lowest BCUT2D eigenvalue weighted by atomic mass is 10.3. The molecule has 2 rings (SSSR count). The molecule has 1 aliphatic rings. The third kappa shape index (κ3) is 1.83. The molecule has 2 atom stereocenters. The van der Waals surface area contributed by atoms with Crippen LogP contribution in [0, 0.1) is 5.82 Å². The second kappa shape index (κ2) is 3.59. The third-order valence-corrected chi connectivity index (χ3v) is 2.19. The van der Waals surface area contributed by atoms with Gasteiger partial charge in [-0.05, 0) is 0 Å². The minimum absolute atomic E-state index is 0.0951. The summed E-state index contributed by atoms with van der Waals surface area (Å²) in [6.07, 6.45) is -0.411. The Morgan fingerprint density at radius 3 is 2.93 bits per heavy atom. The van der Waals surface area contributed by atoms with Crippen LogP contribution in [-0.4, -0.2) is 27.4 Å². The summed E-state index contributed by atoms with van der Waals surface area (Å²) in [4.78, 5) is 23.8. The molecule has 0 radical (unpaired) electrons. The van der Waals surface area contributed by atoms with Crippen LogP contribution in [-0.2, 0) is 4.74 Å². The Kier molecular flexibility index (Phi) is 2.41. The number of hydrogen-bond acceptors (Lipinski definition) is 4. The van der Waals surface area contributed by atoms with Gasteiger partial charge in [-0.2, -0.15) is 4.39 Å². The molecule has 15 heavy (non-hydrogen) atoms. The molecule has 0 aromatic carbocycles. The Morgan fingerprint density at radius 1 is 1.60 bits per heavy atom. The third-order valence-electron chi connectivity index (χ3n) is 2.19. The lowest BCUT2D eigenvalue weighted by Gasteiger charge is -2.11. The van der Waals surface area contributed by atoms with E-state index in [9.17, 15) is 14.0 Å². The van der Waals surface area contributed by atoms with Gasteiger partial charge in [0.15, 0.2) is 0 Å². The molecule has 6 nitrogen and oxygen atoms in total.